The van der Waals surface area contributed by atoms with Gasteiger partial charge in [-0.3, -0.25) is 4.79 Å². The van der Waals surface area contributed by atoms with Crippen molar-refractivity contribution < 1.29 is 4.79 Å². The summed E-state index contributed by atoms with van der Waals surface area (Å²) in [6.07, 6.45) is 1.61. The lowest BCUT2D eigenvalue weighted by molar-refractivity contribution is 0.100. The molecule has 0 unspecified atom stereocenters. The van der Waals surface area contributed by atoms with Crippen molar-refractivity contribution in [3.8, 4) is 11.3 Å². The molecule has 0 aliphatic rings. The zero-order chi connectivity index (χ0) is 11.5. The maximum atomic E-state index is 11.2. The van der Waals surface area contributed by atoms with Crippen molar-refractivity contribution in [3.05, 3.63) is 47.9 Å². The van der Waals surface area contributed by atoms with Gasteiger partial charge in [0.25, 0.3) is 0 Å². The van der Waals surface area contributed by atoms with E-state index in [-0.39, 0.29) is 11.6 Å². The molecule has 0 saturated carbocycles. The van der Waals surface area contributed by atoms with Gasteiger partial charge in [0.15, 0.2) is 11.6 Å². The summed E-state index contributed by atoms with van der Waals surface area (Å²) in [5.74, 6) is 0.147. The third kappa shape index (κ3) is 2.14. The summed E-state index contributed by atoms with van der Waals surface area (Å²) in [7, 11) is 0. The number of carbonyl (C=O) groups excluding carboxylic acids is 1. The first-order chi connectivity index (χ1) is 7.66. The Morgan fingerprint density at radius 3 is 2.75 bits per heavy atom. The summed E-state index contributed by atoms with van der Waals surface area (Å²) in [5.41, 5.74) is 2.95. The second kappa shape index (κ2) is 4.23. The van der Waals surface area contributed by atoms with Gasteiger partial charge in [0, 0.05) is 18.7 Å². The first kappa shape index (κ1) is 10.5. The molecule has 0 spiro atoms. The van der Waals surface area contributed by atoms with Crippen LogP contribution >= 0.6 is 0 Å². The molecular formula is C13H12N2O. The molecule has 80 valence electrons. The van der Waals surface area contributed by atoms with Crippen LogP contribution in [0.4, 0.5) is 0 Å². The van der Waals surface area contributed by atoms with E-state index in [9.17, 15) is 4.79 Å². The van der Waals surface area contributed by atoms with Gasteiger partial charge in [0.05, 0.1) is 5.69 Å². The predicted octanol–water partition coefficient (Wildman–Crippen LogP) is 2.65. The monoisotopic (exact) mass is 212 g/mol. The minimum atomic E-state index is -0.116. The van der Waals surface area contributed by atoms with E-state index in [0.29, 0.717) is 0 Å². The first-order valence-corrected chi connectivity index (χ1v) is 5.08. The smallest absolute Gasteiger partial charge is 0.196 e. The Labute approximate surface area is 94.2 Å². The lowest BCUT2D eigenvalue weighted by Crippen LogP contribution is -2.01. The van der Waals surface area contributed by atoms with E-state index in [1.807, 2.05) is 31.2 Å². The number of ketones is 1. The Morgan fingerprint density at radius 1 is 1.25 bits per heavy atom. The van der Waals surface area contributed by atoms with Crippen molar-refractivity contribution in [2.75, 3.05) is 0 Å². The van der Waals surface area contributed by atoms with Crippen molar-refractivity contribution >= 4 is 5.78 Å². The minimum absolute atomic E-state index is 0.116. The number of rotatable bonds is 2. The Hall–Kier alpha value is -2.03. The molecule has 1 aromatic carbocycles. The molecule has 0 N–H and O–H groups in total. The number of carbonyl (C=O) groups is 1. The molecule has 0 aliphatic heterocycles. The van der Waals surface area contributed by atoms with Gasteiger partial charge in [-0.1, -0.05) is 23.8 Å². The van der Waals surface area contributed by atoms with Crippen LogP contribution in [0.1, 0.15) is 23.1 Å². The highest BCUT2D eigenvalue weighted by molar-refractivity contribution is 5.90. The summed E-state index contributed by atoms with van der Waals surface area (Å²) in [6.45, 7) is 3.49. The average Bonchev–Trinajstić information content (AvgIpc) is 2.29. The van der Waals surface area contributed by atoms with Gasteiger partial charge >= 0.3 is 0 Å². The molecule has 0 bridgehead atoms. The number of aromatic nitrogens is 2. The van der Waals surface area contributed by atoms with Crippen molar-refractivity contribution in [1.29, 1.82) is 0 Å². The van der Waals surface area contributed by atoms with Crippen LogP contribution in [0, 0.1) is 6.92 Å². The fourth-order valence-electron chi connectivity index (χ4n) is 1.49. The van der Waals surface area contributed by atoms with Crippen LogP contribution in [0.5, 0.6) is 0 Å². The van der Waals surface area contributed by atoms with Crippen LogP contribution < -0.4 is 0 Å². The van der Waals surface area contributed by atoms with E-state index >= 15 is 0 Å². The highest BCUT2D eigenvalue weighted by Gasteiger charge is 2.05. The highest BCUT2D eigenvalue weighted by atomic mass is 16.1. The molecule has 3 nitrogen and oxygen atoms in total. The van der Waals surface area contributed by atoms with Crippen LogP contribution in [-0.4, -0.2) is 15.8 Å². The summed E-state index contributed by atoms with van der Waals surface area (Å²) in [6, 6.07) is 9.81. The maximum Gasteiger partial charge on any atom is 0.196 e. The van der Waals surface area contributed by atoms with Crippen molar-refractivity contribution in [1.82, 2.24) is 9.97 Å². The van der Waals surface area contributed by atoms with E-state index in [1.54, 1.807) is 12.3 Å². The van der Waals surface area contributed by atoms with Crippen molar-refractivity contribution in [2.24, 2.45) is 0 Å². The number of hydrogen-bond acceptors (Lipinski definition) is 3. The van der Waals surface area contributed by atoms with E-state index in [2.05, 4.69) is 9.97 Å². The van der Waals surface area contributed by atoms with Gasteiger partial charge < -0.3 is 0 Å². The average molecular weight is 212 g/mol. The van der Waals surface area contributed by atoms with Gasteiger partial charge in [0.1, 0.15) is 0 Å². The third-order valence-corrected chi connectivity index (χ3v) is 2.28. The Morgan fingerprint density at radius 2 is 2.06 bits per heavy atom. The number of hydrogen-bond donors (Lipinski definition) is 0. The third-order valence-electron chi connectivity index (χ3n) is 2.28. The molecule has 0 aliphatic carbocycles. The first-order valence-electron chi connectivity index (χ1n) is 5.08. The Bertz CT molecular complexity index is 535. The number of Topliss-reactive ketones (excluding diaryl/α,β-unsaturated/α-hetero) is 1. The minimum Gasteiger partial charge on any atom is -0.291 e. The zero-order valence-electron chi connectivity index (χ0n) is 9.27. The lowest BCUT2D eigenvalue weighted by Gasteiger charge is -2.02. The second-order valence-electron chi connectivity index (χ2n) is 3.69. The van der Waals surface area contributed by atoms with Gasteiger partial charge in [0.2, 0.25) is 0 Å². The normalized spacial score (nSPS) is 10.1. The Kier molecular flexibility index (Phi) is 2.77. The molecule has 0 amide bonds. The lowest BCUT2D eigenvalue weighted by atomic mass is 10.1. The molecule has 0 fully saturated rings. The molecule has 2 rings (SSSR count). The van der Waals surface area contributed by atoms with Crippen LogP contribution in [0.3, 0.4) is 0 Å². The quantitative estimate of drug-likeness (QED) is 0.719. The second-order valence-corrected chi connectivity index (χ2v) is 3.69. The molecule has 1 aromatic heterocycles. The van der Waals surface area contributed by atoms with Crippen LogP contribution in [0.15, 0.2) is 36.5 Å². The number of benzene rings is 1. The zero-order valence-corrected chi connectivity index (χ0v) is 9.27. The predicted molar refractivity (Wildman–Crippen MR) is 62.2 cm³/mol. The van der Waals surface area contributed by atoms with Crippen LogP contribution in [0.2, 0.25) is 0 Å². The van der Waals surface area contributed by atoms with E-state index in [1.165, 1.54) is 12.5 Å². The summed E-state index contributed by atoms with van der Waals surface area (Å²) < 4.78 is 0. The van der Waals surface area contributed by atoms with Crippen molar-refractivity contribution in [3.63, 3.8) is 0 Å². The fourth-order valence-corrected chi connectivity index (χ4v) is 1.49. The van der Waals surface area contributed by atoms with Gasteiger partial charge in [-0.2, -0.15) is 0 Å². The van der Waals surface area contributed by atoms with Crippen LogP contribution in [-0.2, 0) is 0 Å². The highest BCUT2D eigenvalue weighted by Crippen LogP contribution is 2.17. The molecule has 0 atom stereocenters. The van der Waals surface area contributed by atoms with E-state index < -0.39 is 0 Å². The summed E-state index contributed by atoms with van der Waals surface area (Å²) in [4.78, 5) is 19.3. The molecular weight excluding hydrogens is 200 g/mol. The molecule has 0 radical (unpaired) electrons. The number of aryl methyl sites for hydroxylation is 1. The summed E-state index contributed by atoms with van der Waals surface area (Å²) >= 11 is 0. The van der Waals surface area contributed by atoms with Gasteiger partial charge in [-0.15, -0.1) is 0 Å². The molecule has 0 saturated heterocycles. The molecule has 3 heteroatoms. The SMILES string of the molecule is CC(=O)c1nccc(-c2cccc(C)c2)n1. The van der Waals surface area contributed by atoms with Gasteiger partial charge in [-0.05, 0) is 19.1 Å². The molecule has 16 heavy (non-hydrogen) atoms. The standard InChI is InChI=1S/C13H12N2O/c1-9-4-3-5-11(8-9)12-6-7-14-13(15-12)10(2)16/h3-8H,1-2H3. The largest absolute Gasteiger partial charge is 0.291 e. The van der Waals surface area contributed by atoms with Crippen molar-refractivity contribution in [2.45, 2.75) is 13.8 Å². The van der Waals surface area contributed by atoms with Gasteiger partial charge in [-0.25, -0.2) is 9.97 Å². The maximum absolute atomic E-state index is 11.2. The summed E-state index contributed by atoms with van der Waals surface area (Å²) in [5, 5.41) is 0. The Balaban J connectivity index is 2.48. The molecule has 1 heterocycles. The van der Waals surface area contributed by atoms with Crippen LogP contribution in [0.25, 0.3) is 11.3 Å². The topological polar surface area (TPSA) is 42.9 Å². The molecule has 2 aromatic rings. The number of nitrogens with zero attached hydrogens (tertiary/aromatic N) is 2. The van der Waals surface area contributed by atoms with E-state index in [0.717, 1.165) is 11.3 Å². The fraction of sp³-hybridized carbons (Fsp3) is 0.154. The van der Waals surface area contributed by atoms with E-state index in [4.69, 9.17) is 0 Å².